The van der Waals surface area contributed by atoms with Gasteiger partial charge in [0.25, 0.3) is 0 Å². The quantitative estimate of drug-likeness (QED) is 0.725. The normalized spacial score (nSPS) is 17.6. The van der Waals surface area contributed by atoms with Gasteiger partial charge in [-0.2, -0.15) is 0 Å². The van der Waals surface area contributed by atoms with Crippen LogP contribution in [-0.2, 0) is 4.84 Å². The summed E-state index contributed by atoms with van der Waals surface area (Å²) in [6.07, 6.45) is 0. The molecule has 0 bridgehead atoms. The summed E-state index contributed by atoms with van der Waals surface area (Å²) in [5.41, 5.74) is 1.94. The maximum atomic E-state index is 5.54. The van der Waals surface area contributed by atoms with Crippen molar-refractivity contribution in [3.63, 3.8) is 0 Å². The Kier molecular flexibility index (Phi) is 3.13. The summed E-state index contributed by atoms with van der Waals surface area (Å²) in [6.45, 7) is 7.15. The molecule has 0 spiro atoms. The van der Waals surface area contributed by atoms with Crippen molar-refractivity contribution >= 4 is 5.95 Å². The molecule has 1 fully saturated rings. The molecule has 0 radical (unpaired) electrons. The molecule has 15 heavy (non-hydrogen) atoms. The molecule has 1 N–H and O–H groups in total. The maximum Gasteiger partial charge on any atom is 0.250 e. The van der Waals surface area contributed by atoms with E-state index in [0.717, 1.165) is 31.0 Å². The van der Waals surface area contributed by atoms with Gasteiger partial charge in [0.2, 0.25) is 5.95 Å². The van der Waals surface area contributed by atoms with E-state index < -0.39 is 0 Å². The van der Waals surface area contributed by atoms with Crippen LogP contribution in [-0.4, -0.2) is 36.2 Å². The van der Waals surface area contributed by atoms with Gasteiger partial charge < -0.3 is 5.32 Å². The molecule has 0 aliphatic carbocycles. The van der Waals surface area contributed by atoms with E-state index >= 15 is 0 Å². The molecule has 2 heterocycles. The summed E-state index contributed by atoms with van der Waals surface area (Å²) in [5, 5.41) is 5.02. The zero-order valence-corrected chi connectivity index (χ0v) is 9.16. The van der Waals surface area contributed by atoms with Crippen molar-refractivity contribution in [2.75, 3.05) is 31.3 Å². The standard InChI is InChI=1S/C10H16N4O/c1-8-7-9(2)13-10(12-8)14-5-3-11-4-6-15-14/h7,11H,3-6H2,1-2H3. The number of nitrogens with zero attached hydrogens (tertiary/aromatic N) is 3. The fraction of sp³-hybridized carbons (Fsp3) is 0.600. The number of aromatic nitrogens is 2. The summed E-state index contributed by atoms with van der Waals surface area (Å²) in [6, 6.07) is 1.96. The van der Waals surface area contributed by atoms with Crippen LogP contribution in [0.1, 0.15) is 11.4 Å². The van der Waals surface area contributed by atoms with Gasteiger partial charge in [0.05, 0.1) is 13.2 Å². The molecule has 1 aliphatic heterocycles. The molecule has 0 saturated carbocycles. The first-order valence-electron chi connectivity index (χ1n) is 5.19. The lowest BCUT2D eigenvalue weighted by molar-refractivity contribution is 0.121. The monoisotopic (exact) mass is 208 g/mol. The predicted molar refractivity (Wildman–Crippen MR) is 57.7 cm³/mol. The van der Waals surface area contributed by atoms with Gasteiger partial charge >= 0.3 is 0 Å². The highest BCUT2D eigenvalue weighted by Gasteiger charge is 2.13. The molecule has 1 saturated heterocycles. The number of hydrogen-bond donors (Lipinski definition) is 1. The van der Waals surface area contributed by atoms with Crippen molar-refractivity contribution in [3.05, 3.63) is 17.5 Å². The van der Waals surface area contributed by atoms with Crippen LogP contribution in [0, 0.1) is 13.8 Å². The van der Waals surface area contributed by atoms with Crippen LogP contribution in [0.25, 0.3) is 0 Å². The number of rotatable bonds is 1. The largest absolute Gasteiger partial charge is 0.312 e. The van der Waals surface area contributed by atoms with Crippen molar-refractivity contribution in [1.82, 2.24) is 15.3 Å². The lowest BCUT2D eigenvalue weighted by Gasteiger charge is -2.19. The fourth-order valence-corrected chi connectivity index (χ4v) is 1.57. The van der Waals surface area contributed by atoms with Gasteiger partial charge in [-0.05, 0) is 19.9 Å². The lowest BCUT2D eigenvalue weighted by Crippen LogP contribution is -2.28. The lowest BCUT2D eigenvalue weighted by atomic mass is 10.4. The highest BCUT2D eigenvalue weighted by Crippen LogP contribution is 2.10. The van der Waals surface area contributed by atoms with E-state index in [2.05, 4.69) is 15.3 Å². The molecule has 82 valence electrons. The minimum Gasteiger partial charge on any atom is -0.312 e. The van der Waals surface area contributed by atoms with Gasteiger partial charge in [-0.25, -0.2) is 15.0 Å². The molecule has 0 amide bonds. The van der Waals surface area contributed by atoms with Crippen LogP contribution in [0.3, 0.4) is 0 Å². The van der Waals surface area contributed by atoms with Gasteiger partial charge in [-0.1, -0.05) is 0 Å². The first-order chi connectivity index (χ1) is 7.25. The molecule has 1 aromatic heterocycles. The zero-order chi connectivity index (χ0) is 10.7. The first kappa shape index (κ1) is 10.3. The second-order valence-corrected chi connectivity index (χ2v) is 3.64. The highest BCUT2D eigenvalue weighted by atomic mass is 16.7. The number of hydroxylamine groups is 1. The molecule has 0 aromatic carbocycles. The minimum absolute atomic E-state index is 0.663. The first-order valence-corrected chi connectivity index (χ1v) is 5.19. The Balaban J connectivity index is 2.19. The van der Waals surface area contributed by atoms with Crippen LogP contribution in [0.15, 0.2) is 6.07 Å². The fourth-order valence-electron chi connectivity index (χ4n) is 1.57. The Labute approximate surface area is 89.4 Å². The van der Waals surface area contributed by atoms with E-state index in [1.807, 2.05) is 19.9 Å². The average Bonchev–Trinajstić information content (AvgIpc) is 2.43. The van der Waals surface area contributed by atoms with Crippen LogP contribution >= 0.6 is 0 Å². The minimum atomic E-state index is 0.663. The van der Waals surface area contributed by atoms with Crippen molar-refractivity contribution in [3.8, 4) is 0 Å². The SMILES string of the molecule is Cc1cc(C)nc(N2CCNCCO2)n1. The van der Waals surface area contributed by atoms with Crippen LogP contribution in [0.4, 0.5) is 5.95 Å². The molecule has 5 nitrogen and oxygen atoms in total. The van der Waals surface area contributed by atoms with Crippen LogP contribution < -0.4 is 10.4 Å². The molecule has 0 unspecified atom stereocenters. The summed E-state index contributed by atoms with van der Waals surface area (Å²) in [4.78, 5) is 14.3. The highest BCUT2D eigenvalue weighted by molar-refractivity contribution is 5.28. The predicted octanol–water partition coefficient (Wildman–Crippen LogP) is 0.435. The molecular formula is C10H16N4O. The number of aryl methyl sites for hydroxylation is 2. The Hall–Kier alpha value is -1.20. The van der Waals surface area contributed by atoms with E-state index in [1.165, 1.54) is 0 Å². The smallest absolute Gasteiger partial charge is 0.250 e. The van der Waals surface area contributed by atoms with Crippen molar-refractivity contribution < 1.29 is 4.84 Å². The summed E-state index contributed by atoms with van der Waals surface area (Å²) >= 11 is 0. The van der Waals surface area contributed by atoms with Crippen molar-refractivity contribution in [2.24, 2.45) is 0 Å². The Morgan fingerprint density at radius 2 is 2.00 bits per heavy atom. The van der Waals surface area contributed by atoms with Crippen molar-refractivity contribution in [1.29, 1.82) is 0 Å². The Bertz CT molecular complexity index is 314. The average molecular weight is 208 g/mol. The topological polar surface area (TPSA) is 50.3 Å². The molecular weight excluding hydrogens is 192 g/mol. The third-order valence-corrected chi connectivity index (χ3v) is 2.21. The number of nitrogens with one attached hydrogen (secondary N) is 1. The maximum absolute atomic E-state index is 5.54. The van der Waals surface area contributed by atoms with E-state index in [4.69, 9.17) is 4.84 Å². The zero-order valence-electron chi connectivity index (χ0n) is 9.16. The summed E-state index contributed by atoms with van der Waals surface area (Å²) in [5.74, 6) is 0.663. The van der Waals surface area contributed by atoms with Gasteiger partial charge in [0.1, 0.15) is 0 Å². The second kappa shape index (κ2) is 4.55. The van der Waals surface area contributed by atoms with Gasteiger partial charge in [-0.3, -0.25) is 4.84 Å². The second-order valence-electron chi connectivity index (χ2n) is 3.64. The van der Waals surface area contributed by atoms with Gasteiger partial charge in [-0.15, -0.1) is 0 Å². The third kappa shape index (κ3) is 2.64. The van der Waals surface area contributed by atoms with Crippen molar-refractivity contribution in [2.45, 2.75) is 13.8 Å². The van der Waals surface area contributed by atoms with Gasteiger partial charge in [0, 0.05) is 24.5 Å². The number of hydrogen-bond acceptors (Lipinski definition) is 5. The van der Waals surface area contributed by atoms with Gasteiger partial charge in [0.15, 0.2) is 0 Å². The molecule has 2 rings (SSSR count). The number of anilines is 1. The third-order valence-electron chi connectivity index (χ3n) is 2.21. The Morgan fingerprint density at radius 3 is 2.73 bits per heavy atom. The van der Waals surface area contributed by atoms with E-state index in [1.54, 1.807) is 5.06 Å². The van der Waals surface area contributed by atoms with Crippen LogP contribution in [0.5, 0.6) is 0 Å². The van der Waals surface area contributed by atoms with Crippen LogP contribution in [0.2, 0.25) is 0 Å². The molecule has 5 heteroatoms. The Morgan fingerprint density at radius 1 is 1.27 bits per heavy atom. The summed E-state index contributed by atoms with van der Waals surface area (Å²) in [7, 11) is 0. The molecule has 1 aromatic rings. The van der Waals surface area contributed by atoms with E-state index in [9.17, 15) is 0 Å². The van der Waals surface area contributed by atoms with E-state index in [0.29, 0.717) is 12.6 Å². The molecule has 0 atom stereocenters. The van der Waals surface area contributed by atoms with E-state index in [-0.39, 0.29) is 0 Å². The molecule has 1 aliphatic rings. The summed E-state index contributed by atoms with van der Waals surface area (Å²) < 4.78 is 0.